The van der Waals surface area contributed by atoms with E-state index in [-0.39, 0.29) is 34.5 Å². The zero-order valence-electron chi connectivity index (χ0n) is 26.2. The molecule has 0 aliphatic rings. The number of aromatic nitrogens is 3. The Hall–Kier alpha value is -4.32. The lowest BCUT2D eigenvalue weighted by atomic mass is 10.0. The first-order valence-electron chi connectivity index (χ1n) is 14.6. The molecule has 1 amide bonds. The Labute approximate surface area is 259 Å². The van der Waals surface area contributed by atoms with E-state index in [4.69, 9.17) is 9.72 Å². The molecule has 4 aromatic rings. The van der Waals surface area contributed by atoms with E-state index in [0.717, 1.165) is 0 Å². The molecule has 0 N–H and O–H groups in total. The maximum absolute atomic E-state index is 14.0. The van der Waals surface area contributed by atoms with Gasteiger partial charge in [0.1, 0.15) is 17.4 Å². The number of carbonyl (C=O) groups excluding carboxylic acids is 1. The van der Waals surface area contributed by atoms with Gasteiger partial charge in [-0.1, -0.05) is 6.07 Å². The van der Waals surface area contributed by atoms with Crippen LogP contribution in [0.4, 0.5) is 17.6 Å². The van der Waals surface area contributed by atoms with Crippen LogP contribution in [0, 0.1) is 5.82 Å². The van der Waals surface area contributed by atoms with Gasteiger partial charge in [-0.3, -0.25) is 19.1 Å². The van der Waals surface area contributed by atoms with Crippen molar-refractivity contribution in [1.82, 2.24) is 24.3 Å². The molecular formula is C33H37F4N5O3. The first kappa shape index (κ1) is 33.6. The van der Waals surface area contributed by atoms with Crippen molar-refractivity contribution in [3.05, 3.63) is 93.9 Å². The molecule has 8 nitrogen and oxygen atoms in total. The fraction of sp³-hybridized carbons (Fsp3) is 0.394. The molecule has 1 atom stereocenters. The number of rotatable bonds is 10. The van der Waals surface area contributed by atoms with Gasteiger partial charge in [0.15, 0.2) is 5.65 Å². The van der Waals surface area contributed by atoms with Crippen LogP contribution in [0.2, 0.25) is 0 Å². The SMILES string of the molecule is CCOc1ccc(-n2c([C@@H](C)N(CCN(C)C(C)(C)C)C(=O)Cc3ccc(F)c(C(F)(F)F)c3)nc3ncccc3c2=O)cc1. The number of hydrogen-bond donors (Lipinski definition) is 0. The number of fused-ring (bicyclic) bond motifs is 1. The number of benzene rings is 2. The van der Waals surface area contributed by atoms with Crippen molar-refractivity contribution in [1.29, 1.82) is 0 Å². The van der Waals surface area contributed by atoms with E-state index >= 15 is 0 Å². The van der Waals surface area contributed by atoms with Gasteiger partial charge in [-0.05, 0) is 95.8 Å². The molecule has 0 unspecified atom stereocenters. The smallest absolute Gasteiger partial charge is 0.419 e. The minimum absolute atomic E-state index is 0.00661. The van der Waals surface area contributed by atoms with Crippen molar-refractivity contribution in [2.75, 3.05) is 26.7 Å². The van der Waals surface area contributed by atoms with Crippen molar-refractivity contribution < 1.29 is 27.1 Å². The number of amides is 1. The molecule has 12 heteroatoms. The highest BCUT2D eigenvalue weighted by Crippen LogP contribution is 2.32. The van der Waals surface area contributed by atoms with Gasteiger partial charge in [0.05, 0.1) is 35.7 Å². The molecule has 0 spiro atoms. The predicted octanol–water partition coefficient (Wildman–Crippen LogP) is 6.20. The van der Waals surface area contributed by atoms with Gasteiger partial charge >= 0.3 is 6.18 Å². The Morgan fingerprint density at radius 2 is 1.73 bits per heavy atom. The van der Waals surface area contributed by atoms with Crippen LogP contribution in [0.5, 0.6) is 5.75 Å². The van der Waals surface area contributed by atoms with Crippen molar-refractivity contribution in [3.8, 4) is 11.4 Å². The number of pyridine rings is 1. The van der Waals surface area contributed by atoms with Crippen LogP contribution in [0.1, 0.15) is 57.6 Å². The number of hydrogen-bond acceptors (Lipinski definition) is 6. The summed E-state index contributed by atoms with van der Waals surface area (Å²) in [5.41, 5.74) is -1.40. The van der Waals surface area contributed by atoms with Crippen LogP contribution < -0.4 is 10.3 Å². The maximum atomic E-state index is 14.0. The van der Waals surface area contributed by atoms with Gasteiger partial charge in [-0.15, -0.1) is 0 Å². The predicted molar refractivity (Wildman–Crippen MR) is 164 cm³/mol. The van der Waals surface area contributed by atoms with Gasteiger partial charge in [0, 0.05) is 24.8 Å². The Morgan fingerprint density at radius 1 is 1.04 bits per heavy atom. The average molecular weight is 628 g/mol. The third-order valence-corrected chi connectivity index (χ3v) is 7.75. The lowest BCUT2D eigenvalue weighted by Crippen LogP contribution is -2.46. The highest BCUT2D eigenvalue weighted by molar-refractivity contribution is 5.79. The molecule has 0 bridgehead atoms. The third kappa shape index (κ3) is 7.67. The summed E-state index contributed by atoms with van der Waals surface area (Å²) < 4.78 is 61.3. The van der Waals surface area contributed by atoms with E-state index in [2.05, 4.69) is 4.98 Å². The summed E-state index contributed by atoms with van der Waals surface area (Å²) in [6.45, 7) is 10.7. The normalized spacial score (nSPS) is 12.9. The van der Waals surface area contributed by atoms with E-state index in [9.17, 15) is 27.2 Å². The summed E-state index contributed by atoms with van der Waals surface area (Å²) in [7, 11) is 1.90. The molecule has 0 aliphatic carbocycles. The van der Waals surface area contributed by atoms with E-state index < -0.39 is 41.5 Å². The number of ether oxygens (including phenoxy) is 1. The van der Waals surface area contributed by atoms with Crippen LogP contribution in [0.15, 0.2) is 65.6 Å². The van der Waals surface area contributed by atoms with E-state index in [1.54, 1.807) is 43.3 Å². The summed E-state index contributed by atoms with van der Waals surface area (Å²) in [4.78, 5) is 40.4. The number of halogens is 4. The van der Waals surface area contributed by atoms with Crippen LogP contribution in [0.3, 0.4) is 0 Å². The summed E-state index contributed by atoms with van der Waals surface area (Å²) >= 11 is 0. The Kier molecular flexibility index (Phi) is 9.96. The Morgan fingerprint density at radius 3 is 2.36 bits per heavy atom. The van der Waals surface area contributed by atoms with E-state index in [1.807, 2.05) is 39.6 Å². The lowest BCUT2D eigenvalue weighted by Gasteiger charge is -2.36. The number of nitrogens with zero attached hydrogens (tertiary/aromatic N) is 5. The highest BCUT2D eigenvalue weighted by Gasteiger charge is 2.35. The van der Waals surface area contributed by atoms with E-state index in [1.165, 1.54) is 21.7 Å². The summed E-state index contributed by atoms with van der Waals surface area (Å²) in [5, 5.41) is 0.277. The molecule has 0 aliphatic heterocycles. The first-order chi connectivity index (χ1) is 21.1. The molecule has 45 heavy (non-hydrogen) atoms. The molecule has 0 radical (unpaired) electrons. The second-order valence-electron chi connectivity index (χ2n) is 11.8. The second-order valence-corrected chi connectivity index (χ2v) is 11.8. The second kappa shape index (κ2) is 13.4. The molecule has 0 saturated carbocycles. The molecule has 0 saturated heterocycles. The first-order valence-corrected chi connectivity index (χ1v) is 14.6. The van der Waals surface area contributed by atoms with Crippen LogP contribution in [0.25, 0.3) is 16.7 Å². The van der Waals surface area contributed by atoms with Gasteiger partial charge in [0.25, 0.3) is 5.56 Å². The zero-order valence-corrected chi connectivity index (χ0v) is 26.2. The molecule has 240 valence electrons. The van der Waals surface area contributed by atoms with Crippen molar-refractivity contribution in [2.24, 2.45) is 0 Å². The molecule has 2 aromatic carbocycles. The fourth-order valence-corrected chi connectivity index (χ4v) is 4.87. The van der Waals surface area contributed by atoms with Crippen LogP contribution in [-0.4, -0.2) is 62.5 Å². The Bertz CT molecular complexity index is 1720. The van der Waals surface area contributed by atoms with Crippen LogP contribution >= 0.6 is 0 Å². The quantitative estimate of drug-likeness (QED) is 0.195. The molecular weight excluding hydrogens is 590 g/mol. The standard InChI is InChI=1S/C33H37F4N5O3/c1-7-45-24-13-11-23(12-14-24)42-30(39-29-25(31(42)44)9-8-16-38-29)21(2)41(18-17-40(6)32(3,4)5)28(43)20-22-10-15-27(34)26(19-22)33(35,36)37/h8-16,19,21H,7,17-18,20H2,1-6H3/t21-/m1/s1. The van der Waals surface area contributed by atoms with Crippen molar-refractivity contribution in [3.63, 3.8) is 0 Å². The Balaban J connectivity index is 1.82. The van der Waals surface area contributed by atoms with Crippen LogP contribution in [-0.2, 0) is 17.4 Å². The average Bonchev–Trinajstić information content (AvgIpc) is 2.97. The van der Waals surface area contributed by atoms with Crippen molar-refractivity contribution in [2.45, 2.75) is 58.8 Å². The number of carbonyl (C=O) groups is 1. The number of likely N-dealkylation sites (N-methyl/N-ethyl adjacent to an activating group) is 1. The number of alkyl halides is 3. The van der Waals surface area contributed by atoms with Gasteiger partial charge in [-0.25, -0.2) is 14.4 Å². The molecule has 4 rings (SSSR count). The summed E-state index contributed by atoms with van der Waals surface area (Å²) in [6, 6.07) is 11.8. The minimum atomic E-state index is -4.92. The molecule has 2 aromatic heterocycles. The maximum Gasteiger partial charge on any atom is 0.419 e. The summed E-state index contributed by atoms with van der Waals surface area (Å²) in [5.74, 6) is -1.10. The van der Waals surface area contributed by atoms with Gasteiger partial charge in [-0.2, -0.15) is 13.2 Å². The topological polar surface area (TPSA) is 80.6 Å². The molecule has 2 heterocycles. The van der Waals surface area contributed by atoms with E-state index in [0.29, 0.717) is 36.7 Å². The fourth-order valence-electron chi connectivity index (χ4n) is 4.87. The minimum Gasteiger partial charge on any atom is -0.494 e. The monoisotopic (exact) mass is 627 g/mol. The molecule has 0 fully saturated rings. The van der Waals surface area contributed by atoms with Gasteiger partial charge in [0.2, 0.25) is 5.91 Å². The van der Waals surface area contributed by atoms with Crippen molar-refractivity contribution >= 4 is 16.9 Å². The third-order valence-electron chi connectivity index (χ3n) is 7.75. The summed E-state index contributed by atoms with van der Waals surface area (Å²) in [6.07, 6.45) is -3.83. The zero-order chi connectivity index (χ0) is 33.1. The highest BCUT2D eigenvalue weighted by atomic mass is 19.4. The largest absolute Gasteiger partial charge is 0.494 e. The lowest BCUT2D eigenvalue weighted by molar-refractivity contribution is -0.140. The van der Waals surface area contributed by atoms with Gasteiger partial charge < -0.3 is 9.64 Å².